The third-order valence-corrected chi connectivity index (χ3v) is 5.12. The Morgan fingerprint density at radius 1 is 1.25 bits per heavy atom. The van der Waals surface area contributed by atoms with Gasteiger partial charge in [-0.1, -0.05) is 13.3 Å². The first-order valence-electron chi connectivity index (χ1n) is 8.83. The number of carbonyl (C=O) groups is 1. The number of rotatable bonds is 4. The molecule has 2 unspecified atom stereocenters. The van der Waals surface area contributed by atoms with E-state index in [2.05, 4.69) is 16.9 Å². The number of ether oxygens (including phenoxy) is 1. The molecule has 2 aliphatic rings. The second-order valence-electron chi connectivity index (χ2n) is 6.47. The van der Waals surface area contributed by atoms with Crippen molar-refractivity contribution in [3.05, 3.63) is 28.2 Å². The first-order chi connectivity index (χ1) is 11.6. The van der Waals surface area contributed by atoms with Crippen LogP contribution in [0.15, 0.2) is 16.9 Å². The Bertz CT molecular complexity index is 639. The molecule has 0 saturated carbocycles. The van der Waals surface area contributed by atoms with E-state index in [1.54, 1.807) is 6.07 Å². The molecule has 24 heavy (non-hydrogen) atoms. The van der Waals surface area contributed by atoms with Crippen LogP contribution in [-0.2, 0) is 11.3 Å². The molecule has 1 aromatic heterocycles. The van der Waals surface area contributed by atoms with Crippen LogP contribution in [0.2, 0.25) is 0 Å². The summed E-state index contributed by atoms with van der Waals surface area (Å²) in [5.41, 5.74) is 0.182. The predicted molar refractivity (Wildman–Crippen MR) is 90.0 cm³/mol. The molecular formula is C17H26N4O3. The van der Waals surface area contributed by atoms with Crippen molar-refractivity contribution >= 4 is 5.91 Å². The molecule has 7 nitrogen and oxygen atoms in total. The number of morpholine rings is 1. The summed E-state index contributed by atoms with van der Waals surface area (Å²) >= 11 is 0. The third-order valence-electron chi connectivity index (χ3n) is 5.12. The fraction of sp³-hybridized carbons (Fsp3) is 0.706. The van der Waals surface area contributed by atoms with E-state index in [-0.39, 0.29) is 11.5 Å². The summed E-state index contributed by atoms with van der Waals surface area (Å²) in [7, 11) is 0. The average Bonchev–Trinajstić information content (AvgIpc) is 3.06. The topological polar surface area (TPSA) is 67.7 Å². The third kappa shape index (κ3) is 3.37. The molecule has 2 saturated heterocycles. The van der Waals surface area contributed by atoms with Gasteiger partial charge in [0.2, 0.25) is 0 Å². The first kappa shape index (κ1) is 17.1. The summed E-state index contributed by atoms with van der Waals surface area (Å²) < 4.78 is 6.78. The minimum atomic E-state index is -0.173. The number of aryl methyl sites for hydroxylation is 1. The SMILES string of the molecule is CCC1CN(C(=O)c2ccc(=O)n(CC)n2)CC1N1CCOCC1. The molecule has 0 aliphatic carbocycles. The lowest BCUT2D eigenvalue weighted by Gasteiger charge is -2.34. The van der Waals surface area contributed by atoms with Gasteiger partial charge in [-0.05, 0) is 18.9 Å². The van der Waals surface area contributed by atoms with E-state index in [1.165, 1.54) is 10.7 Å². The zero-order chi connectivity index (χ0) is 17.1. The van der Waals surface area contributed by atoms with Gasteiger partial charge >= 0.3 is 0 Å². The minimum absolute atomic E-state index is 0.0774. The van der Waals surface area contributed by atoms with E-state index in [4.69, 9.17) is 4.74 Å². The van der Waals surface area contributed by atoms with Gasteiger partial charge in [-0.15, -0.1) is 0 Å². The van der Waals surface area contributed by atoms with Gasteiger partial charge < -0.3 is 9.64 Å². The van der Waals surface area contributed by atoms with Crippen molar-refractivity contribution in [2.45, 2.75) is 32.9 Å². The van der Waals surface area contributed by atoms with Crippen molar-refractivity contribution < 1.29 is 9.53 Å². The number of amides is 1. The van der Waals surface area contributed by atoms with Gasteiger partial charge in [0, 0.05) is 44.8 Å². The Hall–Kier alpha value is -1.73. The van der Waals surface area contributed by atoms with Gasteiger partial charge in [-0.3, -0.25) is 14.5 Å². The zero-order valence-electron chi connectivity index (χ0n) is 14.5. The molecule has 0 spiro atoms. The fourth-order valence-corrected chi connectivity index (χ4v) is 3.70. The normalized spacial score (nSPS) is 25.2. The highest BCUT2D eigenvalue weighted by molar-refractivity contribution is 5.92. The largest absolute Gasteiger partial charge is 0.379 e. The number of hydrogen-bond acceptors (Lipinski definition) is 5. The van der Waals surface area contributed by atoms with Crippen molar-refractivity contribution in [3.63, 3.8) is 0 Å². The Balaban J connectivity index is 1.75. The van der Waals surface area contributed by atoms with E-state index in [1.807, 2.05) is 11.8 Å². The second kappa shape index (κ2) is 7.44. The number of nitrogens with zero attached hydrogens (tertiary/aromatic N) is 4. The van der Waals surface area contributed by atoms with Crippen LogP contribution in [0.3, 0.4) is 0 Å². The summed E-state index contributed by atoms with van der Waals surface area (Å²) in [6.45, 7) is 9.38. The van der Waals surface area contributed by atoms with Gasteiger partial charge in [0.15, 0.2) is 0 Å². The quantitative estimate of drug-likeness (QED) is 0.800. The molecule has 1 amide bonds. The summed E-state index contributed by atoms with van der Waals surface area (Å²) in [5, 5.41) is 4.20. The molecule has 2 aliphatic heterocycles. The molecule has 7 heteroatoms. The molecule has 2 fully saturated rings. The van der Waals surface area contributed by atoms with Crippen LogP contribution >= 0.6 is 0 Å². The van der Waals surface area contributed by atoms with Crippen molar-refractivity contribution in [2.75, 3.05) is 39.4 Å². The molecular weight excluding hydrogens is 308 g/mol. The van der Waals surface area contributed by atoms with E-state index >= 15 is 0 Å². The molecule has 0 aromatic carbocycles. The Morgan fingerprint density at radius 2 is 2.00 bits per heavy atom. The van der Waals surface area contributed by atoms with Gasteiger partial charge in [-0.25, -0.2) is 4.68 Å². The average molecular weight is 334 g/mol. The standard InChI is InChI=1S/C17H26N4O3/c1-3-13-11-20(12-15(13)19-7-9-24-10-8-19)17(23)14-5-6-16(22)21(4-2)18-14/h5-6,13,15H,3-4,7-12H2,1-2H3. The fourth-order valence-electron chi connectivity index (χ4n) is 3.70. The Labute approximate surface area is 142 Å². The van der Waals surface area contributed by atoms with Crippen LogP contribution in [0.4, 0.5) is 0 Å². The van der Waals surface area contributed by atoms with E-state index < -0.39 is 0 Å². The smallest absolute Gasteiger partial charge is 0.274 e. The van der Waals surface area contributed by atoms with Crippen molar-refractivity contribution in [1.82, 2.24) is 19.6 Å². The maximum atomic E-state index is 12.8. The summed E-state index contributed by atoms with van der Waals surface area (Å²) in [5.74, 6) is 0.399. The summed E-state index contributed by atoms with van der Waals surface area (Å²) in [6, 6.07) is 3.36. The van der Waals surface area contributed by atoms with Crippen LogP contribution in [0.5, 0.6) is 0 Å². The molecule has 2 atom stereocenters. The maximum absolute atomic E-state index is 12.8. The lowest BCUT2D eigenvalue weighted by atomic mass is 9.99. The highest BCUT2D eigenvalue weighted by Gasteiger charge is 2.38. The van der Waals surface area contributed by atoms with Gasteiger partial charge in [-0.2, -0.15) is 5.10 Å². The van der Waals surface area contributed by atoms with E-state index in [9.17, 15) is 9.59 Å². The van der Waals surface area contributed by atoms with Crippen LogP contribution in [0.1, 0.15) is 30.8 Å². The van der Waals surface area contributed by atoms with Gasteiger partial charge in [0.05, 0.1) is 13.2 Å². The first-order valence-corrected chi connectivity index (χ1v) is 8.83. The molecule has 3 heterocycles. The van der Waals surface area contributed by atoms with Crippen molar-refractivity contribution in [2.24, 2.45) is 5.92 Å². The van der Waals surface area contributed by atoms with Crippen molar-refractivity contribution in [1.29, 1.82) is 0 Å². The van der Waals surface area contributed by atoms with Crippen LogP contribution < -0.4 is 5.56 Å². The van der Waals surface area contributed by atoms with Crippen LogP contribution in [0, 0.1) is 5.92 Å². The Kier molecular flexibility index (Phi) is 5.30. The highest BCUT2D eigenvalue weighted by atomic mass is 16.5. The maximum Gasteiger partial charge on any atom is 0.274 e. The summed E-state index contributed by atoms with van der Waals surface area (Å²) in [4.78, 5) is 28.8. The van der Waals surface area contributed by atoms with Crippen molar-refractivity contribution in [3.8, 4) is 0 Å². The lowest BCUT2D eigenvalue weighted by Crippen LogP contribution is -2.47. The second-order valence-corrected chi connectivity index (χ2v) is 6.47. The van der Waals surface area contributed by atoms with Crippen LogP contribution in [-0.4, -0.2) is 70.9 Å². The Morgan fingerprint density at radius 3 is 2.67 bits per heavy atom. The number of carbonyl (C=O) groups excluding carboxylic acids is 1. The highest BCUT2D eigenvalue weighted by Crippen LogP contribution is 2.26. The molecule has 3 rings (SSSR count). The molecule has 132 valence electrons. The van der Waals surface area contributed by atoms with Gasteiger partial charge in [0.1, 0.15) is 5.69 Å². The molecule has 0 N–H and O–H groups in total. The van der Waals surface area contributed by atoms with E-state index in [0.29, 0.717) is 24.2 Å². The number of aromatic nitrogens is 2. The monoisotopic (exact) mass is 334 g/mol. The summed E-state index contributed by atoms with van der Waals surface area (Å²) in [6.07, 6.45) is 1.05. The molecule has 0 bridgehead atoms. The number of hydrogen-bond donors (Lipinski definition) is 0. The zero-order valence-corrected chi connectivity index (χ0v) is 14.5. The number of likely N-dealkylation sites (tertiary alicyclic amines) is 1. The predicted octanol–water partition coefficient (Wildman–Crippen LogP) is 0.446. The molecule has 1 aromatic rings. The molecule has 0 radical (unpaired) electrons. The van der Waals surface area contributed by atoms with Crippen LogP contribution in [0.25, 0.3) is 0 Å². The van der Waals surface area contributed by atoms with Gasteiger partial charge in [0.25, 0.3) is 11.5 Å². The lowest BCUT2D eigenvalue weighted by molar-refractivity contribution is 0.0102. The van der Waals surface area contributed by atoms with E-state index in [0.717, 1.165) is 45.8 Å². The minimum Gasteiger partial charge on any atom is -0.379 e.